The molecule has 0 aliphatic rings. The van der Waals surface area contributed by atoms with Gasteiger partial charge in [-0.2, -0.15) is 5.26 Å². The average Bonchev–Trinajstić information content (AvgIpc) is 3.16. The maximum Gasteiger partial charge on any atom is 0.115 e. The molecule has 0 saturated carbocycles. The Morgan fingerprint density at radius 3 is 2.25 bits per heavy atom. The fraction of sp³-hybridized carbons (Fsp3) is 0.407. The van der Waals surface area contributed by atoms with Crippen LogP contribution in [0.25, 0.3) is 21.9 Å². The van der Waals surface area contributed by atoms with Crippen molar-refractivity contribution in [1.82, 2.24) is 19.5 Å². The van der Waals surface area contributed by atoms with Crippen LogP contribution in [0.15, 0.2) is 42.7 Å². The molecule has 32 heavy (non-hydrogen) atoms. The van der Waals surface area contributed by atoms with Gasteiger partial charge in [-0.1, -0.05) is 59.4 Å². The van der Waals surface area contributed by atoms with Crippen molar-refractivity contribution >= 4 is 21.9 Å². The predicted octanol–water partition coefficient (Wildman–Crippen LogP) is 6.90. The number of fused-ring (bicyclic) bond motifs is 3. The van der Waals surface area contributed by atoms with E-state index in [1.165, 1.54) is 25.7 Å². The zero-order chi connectivity index (χ0) is 23.5. The first-order chi connectivity index (χ1) is 15.6. The van der Waals surface area contributed by atoms with Gasteiger partial charge in [-0.3, -0.25) is 9.97 Å². The maximum absolute atomic E-state index is 9.16. The highest BCUT2D eigenvalue weighted by Crippen LogP contribution is 2.25. The number of aromatic nitrogens is 4. The van der Waals surface area contributed by atoms with Crippen molar-refractivity contribution in [3.63, 3.8) is 0 Å². The van der Waals surface area contributed by atoms with Gasteiger partial charge in [0.2, 0.25) is 0 Å². The Labute approximate surface area is 192 Å². The molecule has 0 fully saturated rings. The molecule has 0 saturated heterocycles. The van der Waals surface area contributed by atoms with Crippen LogP contribution in [0.1, 0.15) is 76.0 Å². The van der Waals surface area contributed by atoms with Crippen molar-refractivity contribution in [1.29, 1.82) is 5.26 Å². The summed E-state index contributed by atoms with van der Waals surface area (Å²) in [5.74, 6) is 0.929. The van der Waals surface area contributed by atoms with Crippen molar-refractivity contribution < 1.29 is 0 Å². The molecule has 0 radical (unpaired) electrons. The lowest BCUT2D eigenvalue weighted by Gasteiger charge is -2.04. The van der Waals surface area contributed by atoms with Crippen LogP contribution in [0.2, 0.25) is 0 Å². The van der Waals surface area contributed by atoms with Gasteiger partial charge in [-0.05, 0) is 36.8 Å². The SMILES string of the molecule is CC.CCCCCC.Cc1ccc(Cc2nc3cnc4ccc(C#N)cc4c3n2C)nc1. The van der Waals surface area contributed by atoms with E-state index in [9.17, 15) is 0 Å². The minimum Gasteiger partial charge on any atom is -0.330 e. The van der Waals surface area contributed by atoms with Gasteiger partial charge in [0.25, 0.3) is 0 Å². The molecule has 168 valence electrons. The van der Waals surface area contributed by atoms with Gasteiger partial charge in [-0.15, -0.1) is 0 Å². The van der Waals surface area contributed by atoms with E-state index in [4.69, 9.17) is 10.2 Å². The first kappa shape index (κ1) is 25.0. The summed E-state index contributed by atoms with van der Waals surface area (Å²) in [6.07, 6.45) is 9.85. The molecule has 0 aliphatic carbocycles. The minimum absolute atomic E-state index is 0.625. The zero-order valence-corrected chi connectivity index (χ0v) is 20.3. The largest absolute Gasteiger partial charge is 0.330 e. The summed E-state index contributed by atoms with van der Waals surface area (Å²) in [5, 5.41) is 10.1. The van der Waals surface area contributed by atoms with Crippen molar-refractivity contribution in [3.8, 4) is 6.07 Å². The molecule has 5 nitrogen and oxygen atoms in total. The molecule has 3 heterocycles. The van der Waals surface area contributed by atoms with E-state index < -0.39 is 0 Å². The Bertz CT molecular complexity index is 1160. The molecule has 0 aliphatic heterocycles. The maximum atomic E-state index is 9.16. The average molecular weight is 430 g/mol. The predicted molar refractivity (Wildman–Crippen MR) is 134 cm³/mol. The Balaban J connectivity index is 0.000000396. The fourth-order valence-corrected chi connectivity index (χ4v) is 3.44. The Morgan fingerprint density at radius 2 is 1.66 bits per heavy atom. The number of unbranched alkanes of at least 4 members (excludes halogenated alkanes) is 3. The molecular weight excluding hydrogens is 394 g/mol. The Hall–Kier alpha value is -3.26. The van der Waals surface area contributed by atoms with Crippen LogP contribution in [0.5, 0.6) is 0 Å². The molecule has 4 aromatic rings. The van der Waals surface area contributed by atoms with Crippen molar-refractivity contribution in [2.24, 2.45) is 7.05 Å². The van der Waals surface area contributed by atoms with Gasteiger partial charge in [-0.25, -0.2) is 4.98 Å². The van der Waals surface area contributed by atoms with Crippen molar-refractivity contribution in [2.75, 3.05) is 0 Å². The third-order valence-electron chi connectivity index (χ3n) is 5.19. The van der Waals surface area contributed by atoms with Crippen LogP contribution in [-0.2, 0) is 13.5 Å². The van der Waals surface area contributed by atoms with Crippen molar-refractivity contribution in [2.45, 2.75) is 66.7 Å². The smallest absolute Gasteiger partial charge is 0.115 e. The summed E-state index contributed by atoms with van der Waals surface area (Å²) >= 11 is 0. The summed E-state index contributed by atoms with van der Waals surface area (Å²) < 4.78 is 2.07. The van der Waals surface area contributed by atoms with Gasteiger partial charge >= 0.3 is 0 Å². The fourth-order valence-electron chi connectivity index (χ4n) is 3.44. The van der Waals surface area contributed by atoms with E-state index in [-0.39, 0.29) is 0 Å². The molecular formula is C27H35N5. The number of nitrogens with zero attached hydrogens (tertiary/aromatic N) is 5. The first-order valence-corrected chi connectivity index (χ1v) is 11.6. The quantitative estimate of drug-likeness (QED) is 0.324. The highest BCUT2D eigenvalue weighted by Gasteiger charge is 2.13. The van der Waals surface area contributed by atoms with E-state index in [1.807, 2.05) is 52.2 Å². The summed E-state index contributed by atoms with van der Waals surface area (Å²) in [6, 6.07) is 11.8. The van der Waals surface area contributed by atoms with Gasteiger partial charge in [0.05, 0.1) is 28.9 Å². The lowest BCUT2D eigenvalue weighted by molar-refractivity contribution is 0.702. The number of hydrogen-bond acceptors (Lipinski definition) is 4. The molecule has 0 bridgehead atoms. The van der Waals surface area contributed by atoms with E-state index in [0.29, 0.717) is 12.0 Å². The monoisotopic (exact) mass is 429 g/mol. The molecule has 0 unspecified atom stereocenters. The van der Waals surface area contributed by atoms with Crippen LogP contribution in [0.4, 0.5) is 0 Å². The highest BCUT2D eigenvalue weighted by atomic mass is 15.1. The Kier molecular flexibility index (Phi) is 9.81. The summed E-state index contributed by atoms with van der Waals surface area (Å²) in [6.45, 7) is 10.5. The molecule has 1 aromatic carbocycles. The van der Waals surface area contributed by atoms with Crippen LogP contribution >= 0.6 is 0 Å². The summed E-state index contributed by atoms with van der Waals surface area (Å²) in [5.41, 5.74) is 5.45. The molecule has 3 aromatic heterocycles. The number of nitriles is 1. The first-order valence-electron chi connectivity index (χ1n) is 11.6. The third kappa shape index (κ3) is 6.13. The highest BCUT2D eigenvalue weighted by molar-refractivity contribution is 6.02. The Morgan fingerprint density at radius 1 is 0.938 bits per heavy atom. The number of imidazole rings is 1. The molecule has 0 spiro atoms. The molecule has 0 N–H and O–H groups in total. The normalized spacial score (nSPS) is 10.2. The molecule has 4 rings (SSSR count). The van der Waals surface area contributed by atoms with E-state index in [1.54, 1.807) is 12.3 Å². The summed E-state index contributed by atoms with van der Waals surface area (Å²) in [4.78, 5) is 13.6. The standard InChI is InChI=1S/C19H15N5.C6H14.C2H6/c1-12-3-5-14(21-10-12)8-18-23-17-11-22-16-6-4-13(9-20)7-15(16)19(17)24(18)2;1-3-5-6-4-2;1-2/h3-7,10-11H,8H2,1-2H3;3-6H2,1-2H3;1-2H3. The van der Waals surface area contributed by atoms with E-state index >= 15 is 0 Å². The second kappa shape index (κ2) is 12.6. The van der Waals surface area contributed by atoms with E-state index in [2.05, 4.69) is 40.5 Å². The zero-order valence-electron chi connectivity index (χ0n) is 20.3. The minimum atomic E-state index is 0.625. The number of aryl methyl sites for hydroxylation is 2. The van der Waals surface area contributed by atoms with Gasteiger partial charge < -0.3 is 4.57 Å². The number of benzene rings is 1. The number of rotatable bonds is 5. The van der Waals surface area contributed by atoms with Crippen LogP contribution in [0.3, 0.4) is 0 Å². The molecule has 0 amide bonds. The van der Waals surface area contributed by atoms with Crippen LogP contribution < -0.4 is 0 Å². The second-order valence-electron chi connectivity index (χ2n) is 7.63. The second-order valence-corrected chi connectivity index (χ2v) is 7.63. The van der Waals surface area contributed by atoms with Crippen LogP contribution in [0, 0.1) is 18.3 Å². The van der Waals surface area contributed by atoms with Crippen molar-refractivity contribution in [3.05, 3.63) is 65.4 Å². The van der Waals surface area contributed by atoms with Crippen LogP contribution in [-0.4, -0.2) is 19.5 Å². The lowest BCUT2D eigenvalue weighted by Crippen LogP contribution is -2.01. The number of pyridine rings is 2. The summed E-state index contributed by atoms with van der Waals surface area (Å²) in [7, 11) is 2.00. The van der Waals surface area contributed by atoms with Gasteiger partial charge in [0.1, 0.15) is 11.3 Å². The lowest BCUT2D eigenvalue weighted by atomic mass is 10.1. The molecule has 0 atom stereocenters. The van der Waals surface area contributed by atoms with E-state index in [0.717, 1.165) is 39.0 Å². The van der Waals surface area contributed by atoms with Gasteiger partial charge in [0.15, 0.2) is 0 Å². The van der Waals surface area contributed by atoms with Gasteiger partial charge in [0, 0.05) is 30.7 Å². The topological polar surface area (TPSA) is 67.4 Å². The number of hydrogen-bond donors (Lipinski definition) is 0. The molecule has 5 heteroatoms. The third-order valence-corrected chi connectivity index (χ3v) is 5.19.